The van der Waals surface area contributed by atoms with E-state index in [-0.39, 0.29) is 5.91 Å². The van der Waals surface area contributed by atoms with Crippen molar-refractivity contribution >= 4 is 38.9 Å². The number of aromatic nitrogens is 4. The summed E-state index contributed by atoms with van der Waals surface area (Å²) in [6, 6.07) is 17.6. The van der Waals surface area contributed by atoms with Gasteiger partial charge in [0.15, 0.2) is 5.82 Å². The normalized spacial score (nSPS) is 10.9. The van der Waals surface area contributed by atoms with Gasteiger partial charge in [-0.2, -0.15) is 0 Å². The first kappa shape index (κ1) is 21.4. The summed E-state index contributed by atoms with van der Waals surface area (Å²) in [4.78, 5) is 20.6. The summed E-state index contributed by atoms with van der Waals surface area (Å²) in [7, 11) is 0. The number of carbonyl (C=O) groups excluding carboxylic acids is 1. The van der Waals surface area contributed by atoms with Crippen molar-refractivity contribution in [2.75, 3.05) is 11.9 Å². The van der Waals surface area contributed by atoms with Gasteiger partial charge in [0.25, 0.3) is 5.91 Å². The van der Waals surface area contributed by atoms with Crippen LogP contribution in [0.4, 0.5) is 5.69 Å². The summed E-state index contributed by atoms with van der Waals surface area (Å²) in [5.41, 5.74) is 4.81. The van der Waals surface area contributed by atoms with E-state index in [4.69, 9.17) is 4.74 Å². The lowest BCUT2D eigenvalue weighted by Gasteiger charge is -2.08. The van der Waals surface area contributed by atoms with E-state index in [2.05, 4.69) is 48.4 Å². The number of nitrogens with zero attached hydrogens (tertiary/aromatic N) is 4. The van der Waals surface area contributed by atoms with Crippen LogP contribution >= 0.6 is 27.3 Å². The second-order valence-electron chi connectivity index (χ2n) is 6.72. The summed E-state index contributed by atoms with van der Waals surface area (Å²) >= 11 is 4.75. The standard InChI is InChI=1S/C22H20BrN5O2S/c23-22-26-20(28(27-22)11-4-12-30-13-16-5-2-1-3-6-16)17-7-9-18(10-8-17)25-21(29)19-14-31-15-24-19/h1-3,5-10,14-15H,4,11-13H2,(H,25,29). The average Bonchev–Trinajstić information content (AvgIpc) is 3.45. The molecule has 0 aliphatic carbocycles. The van der Waals surface area contributed by atoms with E-state index >= 15 is 0 Å². The number of rotatable bonds is 9. The molecule has 0 aliphatic rings. The van der Waals surface area contributed by atoms with E-state index in [9.17, 15) is 4.79 Å². The Bertz CT molecular complexity index is 1110. The van der Waals surface area contributed by atoms with Gasteiger partial charge in [0.2, 0.25) is 4.73 Å². The fourth-order valence-electron chi connectivity index (χ4n) is 2.99. The van der Waals surface area contributed by atoms with E-state index in [1.165, 1.54) is 11.3 Å². The second-order valence-corrected chi connectivity index (χ2v) is 8.15. The number of anilines is 1. The van der Waals surface area contributed by atoms with Crippen molar-refractivity contribution < 1.29 is 9.53 Å². The van der Waals surface area contributed by atoms with Gasteiger partial charge >= 0.3 is 0 Å². The summed E-state index contributed by atoms with van der Waals surface area (Å²) in [6.45, 7) is 1.92. The number of ether oxygens (including phenoxy) is 1. The van der Waals surface area contributed by atoms with Crippen molar-refractivity contribution in [1.29, 1.82) is 0 Å². The van der Waals surface area contributed by atoms with Gasteiger partial charge in [-0.25, -0.2) is 14.6 Å². The number of benzene rings is 2. The van der Waals surface area contributed by atoms with E-state index in [0.717, 1.165) is 23.4 Å². The molecule has 0 fully saturated rings. The molecule has 1 N–H and O–H groups in total. The zero-order valence-corrected chi connectivity index (χ0v) is 19.0. The number of hydrogen-bond acceptors (Lipinski definition) is 6. The van der Waals surface area contributed by atoms with Crippen LogP contribution in [-0.4, -0.2) is 32.3 Å². The maximum Gasteiger partial charge on any atom is 0.275 e. The minimum atomic E-state index is -0.226. The zero-order valence-electron chi connectivity index (χ0n) is 16.6. The molecule has 7 nitrogen and oxygen atoms in total. The Labute approximate surface area is 192 Å². The molecule has 2 heterocycles. The quantitative estimate of drug-likeness (QED) is 0.328. The van der Waals surface area contributed by atoms with Crippen LogP contribution < -0.4 is 5.32 Å². The average molecular weight is 498 g/mol. The third-order valence-electron chi connectivity index (χ3n) is 4.48. The van der Waals surface area contributed by atoms with Crippen molar-refractivity contribution in [2.45, 2.75) is 19.6 Å². The highest BCUT2D eigenvalue weighted by Gasteiger charge is 2.12. The van der Waals surface area contributed by atoms with Crippen LogP contribution in [0.2, 0.25) is 0 Å². The second kappa shape index (κ2) is 10.4. The van der Waals surface area contributed by atoms with Crippen LogP contribution in [0, 0.1) is 0 Å². The summed E-state index contributed by atoms with van der Waals surface area (Å²) < 4.78 is 8.16. The molecule has 0 saturated heterocycles. The monoisotopic (exact) mass is 497 g/mol. The van der Waals surface area contributed by atoms with Gasteiger partial charge in [-0.05, 0) is 52.2 Å². The summed E-state index contributed by atoms with van der Waals surface area (Å²) in [6.07, 6.45) is 0.817. The minimum Gasteiger partial charge on any atom is -0.377 e. The zero-order chi connectivity index (χ0) is 21.5. The lowest BCUT2D eigenvalue weighted by atomic mass is 10.2. The summed E-state index contributed by atoms with van der Waals surface area (Å²) in [5, 5.41) is 8.99. The molecular weight excluding hydrogens is 478 g/mol. The van der Waals surface area contributed by atoms with Crippen molar-refractivity contribution in [3.05, 3.63) is 81.5 Å². The molecule has 0 spiro atoms. The predicted molar refractivity (Wildman–Crippen MR) is 124 cm³/mol. The number of aryl methyl sites for hydroxylation is 1. The first-order valence-corrected chi connectivity index (χ1v) is 11.4. The highest BCUT2D eigenvalue weighted by Crippen LogP contribution is 2.22. The molecule has 4 rings (SSSR count). The molecule has 0 aliphatic heterocycles. The van der Waals surface area contributed by atoms with E-state index in [0.29, 0.717) is 35.9 Å². The number of nitrogens with one attached hydrogen (secondary N) is 1. The van der Waals surface area contributed by atoms with E-state index in [1.54, 1.807) is 10.9 Å². The van der Waals surface area contributed by atoms with Gasteiger partial charge in [0.05, 0.1) is 12.1 Å². The fourth-order valence-corrected chi connectivity index (χ4v) is 3.88. The van der Waals surface area contributed by atoms with Crippen LogP contribution in [0.25, 0.3) is 11.4 Å². The molecule has 2 aromatic carbocycles. The summed E-state index contributed by atoms with van der Waals surface area (Å²) in [5.74, 6) is 0.530. The largest absolute Gasteiger partial charge is 0.377 e. The van der Waals surface area contributed by atoms with Gasteiger partial charge < -0.3 is 10.1 Å². The maximum absolute atomic E-state index is 12.1. The number of hydrogen-bond donors (Lipinski definition) is 1. The van der Waals surface area contributed by atoms with Crippen LogP contribution in [0.3, 0.4) is 0 Å². The first-order chi connectivity index (χ1) is 15.2. The number of amides is 1. The Hall–Kier alpha value is -2.88. The number of carbonyl (C=O) groups is 1. The van der Waals surface area contributed by atoms with Gasteiger partial charge in [-0.1, -0.05) is 30.3 Å². The smallest absolute Gasteiger partial charge is 0.275 e. The van der Waals surface area contributed by atoms with Crippen molar-refractivity contribution in [2.24, 2.45) is 0 Å². The van der Waals surface area contributed by atoms with Crippen LogP contribution in [0.1, 0.15) is 22.5 Å². The molecule has 9 heteroatoms. The topological polar surface area (TPSA) is 81.9 Å². The highest BCUT2D eigenvalue weighted by molar-refractivity contribution is 9.10. The molecule has 0 atom stereocenters. The molecular formula is C22H20BrN5O2S. The van der Waals surface area contributed by atoms with Crippen molar-refractivity contribution in [3.8, 4) is 11.4 Å². The fraction of sp³-hybridized carbons (Fsp3) is 0.182. The van der Waals surface area contributed by atoms with Crippen LogP contribution in [0.15, 0.2) is 70.2 Å². The first-order valence-electron chi connectivity index (χ1n) is 9.71. The van der Waals surface area contributed by atoms with Crippen molar-refractivity contribution in [1.82, 2.24) is 19.7 Å². The Morgan fingerprint density at radius 1 is 1.13 bits per heavy atom. The van der Waals surface area contributed by atoms with Crippen molar-refractivity contribution in [3.63, 3.8) is 0 Å². The Kier molecular flexibility index (Phi) is 7.18. The molecule has 0 bridgehead atoms. The van der Waals surface area contributed by atoms with E-state index < -0.39 is 0 Å². The predicted octanol–water partition coefficient (Wildman–Crippen LogP) is 5.02. The Morgan fingerprint density at radius 2 is 1.94 bits per heavy atom. The number of halogens is 1. The lowest BCUT2D eigenvalue weighted by molar-refractivity contribution is 0.102. The Balaban J connectivity index is 1.33. The van der Waals surface area contributed by atoms with Crippen LogP contribution in [0.5, 0.6) is 0 Å². The molecule has 0 saturated carbocycles. The maximum atomic E-state index is 12.1. The van der Waals surface area contributed by atoms with Gasteiger partial charge in [-0.3, -0.25) is 4.79 Å². The molecule has 0 radical (unpaired) electrons. The SMILES string of the molecule is O=C(Nc1ccc(-c2nc(Br)nn2CCCOCc2ccccc2)cc1)c1cscn1. The molecule has 31 heavy (non-hydrogen) atoms. The third kappa shape index (κ3) is 5.84. The molecule has 1 amide bonds. The van der Waals surface area contributed by atoms with Gasteiger partial charge in [-0.15, -0.1) is 16.4 Å². The molecule has 2 aromatic heterocycles. The minimum absolute atomic E-state index is 0.226. The molecule has 4 aromatic rings. The van der Waals surface area contributed by atoms with Gasteiger partial charge in [0.1, 0.15) is 5.69 Å². The highest BCUT2D eigenvalue weighted by atomic mass is 79.9. The number of thiazole rings is 1. The molecule has 158 valence electrons. The molecule has 0 unspecified atom stereocenters. The van der Waals surface area contributed by atoms with E-state index in [1.807, 2.05) is 47.1 Å². The van der Waals surface area contributed by atoms with Gasteiger partial charge in [0, 0.05) is 29.8 Å². The van der Waals surface area contributed by atoms with Crippen LogP contribution in [-0.2, 0) is 17.9 Å². The third-order valence-corrected chi connectivity index (χ3v) is 5.40. The lowest BCUT2D eigenvalue weighted by Crippen LogP contribution is -2.12. The Morgan fingerprint density at radius 3 is 2.68 bits per heavy atom.